The molecule has 4 nitrogen and oxygen atoms in total. The van der Waals surface area contributed by atoms with Crippen molar-refractivity contribution in [2.24, 2.45) is 0 Å². The van der Waals surface area contributed by atoms with Crippen molar-refractivity contribution in [1.29, 1.82) is 0 Å². The summed E-state index contributed by atoms with van der Waals surface area (Å²) in [5.41, 5.74) is 2.90. The zero-order valence-electron chi connectivity index (χ0n) is 13.8. The molecule has 124 valence electrons. The summed E-state index contributed by atoms with van der Waals surface area (Å²) < 4.78 is 1.98. The average Bonchev–Trinajstić information content (AvgIpc) is 2.92. The molecule has 24 heavy (non-hydrogen) atoms. The summed E-state index contributed by atoms with van der Waals surface area (Å²) in [6, 6.07) is 15.3. The van der Waals surface area contributed by atoms with Gasteiger partial charge in [0.25, 0.3) is 0 Å². The first-order valence-electron chi connectivity index (χ1n) is 8.07. The van der Waals surface area contributed by atoms with Gasteiger partial charge in [-0.2, -0.15) is 0 Å². The van der Waals surface area contributed by atoms with Crippen LogP contribution in [0.15, 0.2) is 48.5 Å². The number of aryl methyl sites for hydroxylation is 1. The molecule has 0 bridgehead atoms. The van der Waals surface area contributed by atoms with Gasteiger partial charge in [-0.1, -0.05) is 42.8 Å². The standard InChI is InChI=1S/C19H20ClN3O/c1-3-18-22-16-9-4-5-10-17(16)23(18)12-19(24)21-13(2)14-7-6-8-15(20)11-14/h4-11,13H,3,12H2,1-2H3,(H,21,24). The molecule has 5 heteroatoms. The zero-order valence-corrected chi connectivity index (χ0v) is 14.5. The monoisotopic (exact) mass is 341 g/mol. The van der Waals surface area contributed by atoms with Crippen LogP contribution in [-0.4, -0.2) is 15.5 Å². The molecule has 2 aromatic carbocycles. The average molecular weight is 342 g/mol. The minimum Gasteiger partial charge on any atom is -0.348 e. The molecule has 1 heterocycles. The van der Waals surface area contributed by atoms with E-state index in [0.29, 0.717) is 5.02 Å². The Morgan fingerprint density at radius 3 is 2.79 bits per heavy atom. The molecule has 0 saturated carbocycles. The maximum absolute atomic E-state index is 12.5. The van der Waals surface area contributed by atoms with Gasteiger partial charge in [-0.25, -0.2) is 4.98 Å². The first-order chi connectivity index (χ1) is 11.6. The van der Waals surface area contributed by atoms with Crippen LogP contribution in [0.5, 0.6) is 0 Å². The molecular weight excluding hydrogens is 322 g/mol. The molecular formula is C19H20ClN3O. The van der Waals surface area contributed by atoms with Gasteiger partial charge in [-0.3, -0.25) is 4.79 Å². The molecule has 3 aromatic rings. The van der Waals surface area contributed by atoms with Gasteiger partial charge in [0.1, 0.15) is 12.4 Å². The van der Waals surface area contributed by atoms with Crippen LogP contribution in [0.1, 0.15) is 31.3 Å². The summed E-state index contributed by atoms with van der Waals surface area (Å²) in [5.74, 6) is 0.877. The van der Waals surface area contributed by atoms with Gasteiger partial charge >= 0.3 is 0 Å². The lowest BCUT2D eigenvalue weighted by molar-refractivity contribution is -0.122. The van der Waals surface area contributed by atoms with Crippen LogP contribution >= 0.6 is 11.6 Å². The molecule has 0 aliphatic rings. The van der Waals surface area contributed by atoms with Gasteiger partial charge in [0.15, 0.2) is 0 Å². The van der Waals surface area contributed by atoms with Crippen molar-refractivity contribution < 1.29 is 4.79 Å². The highest BCUT2D eigenvalue weighted by molar-refractivity contribution is 6.30. The number of amides is 1. The minimum absolute atomic E-state index is 0.0414. The van der Waals surface area contributed by atoms with Crippen LogP contribution in [0.2, 0.25) is 5.02 Å². The third-order valence-corrected chi connectivity index (χ3v) is 4.31. The van der Waals surface area contributed by atoms with Crippen LogP contribution in [0, 0.1) is 0 Å². The van der Waals surface area contributed by atoms with E-state index in [2.05, 4.69) is 10.3 Å². The van der Waals surface area contributed by atoms with Crippen molar-refractivity contribution in [3.8, 4) is 0 Å². The Hall–Kier alpha value is -2.33. The third-order valence-electron chi connectivity index (χ3n) is 4.08. The number of aromatic nitrogens is 2. The second kappa shape index (κ2) is 7.05. The Morgan fingerprint density at radius 1 is 1.25 bits per heavy atom. The van der Waals surface area contributed by atoms with Crippen LogP contribution in [0.4, 0.5) is 0 Å². The topological polar surface area (TPSA) is 46.9 Å². The largest absolute Gasteiger partial charge is 0.348 e. The molecule has 3 rings (SSSR count). The number of hydrogen-bond donors (Lipinski definition) is 1. The van der Waals surface area contributed by atoms with Crippen molar-refractivity contribution in [2.75, 3.05) is 0 Å². The van der Waals surface area contributed by atoms with E-state index in [1.54, 1.807) is 0 Å². The fourth-order valence-corrected chi connectivity index (χ4v) is 3.06. The molecule has 1 amide bonds. The number of para-hydroxylation sites is 2. The first kappa shape index (κ1) is 16.5. The Balaban J connectivity index is 1.78. The summed E-state index contributed by atoms with van der Waals surface area (Å²) in [7, 11) is 0. The maximum Gasteiger partial charge on any atom is 0.240 e. The van der Waals surface area contributed by atoms with Gasteiger partial charge in [-0.15, -0.1) is 0 Å². The quantitative estimate of drug-likeness (QED) is 0.758. The molecule has 0 fully saturated rings. The van der Waals surface area contributed by atoms with E-state index in [0.717, 1.165) is 28.8 Å². The van der Waals surface area contributed by atoms with Crippen LogP contribution in [-0.2, 0) is 17.8 Å². The predicted octanol–water partition coefficient (Wildman–Crippen LogP) is 4.13. The molecule has 1 atom stereocenters. The van der Waals surface area contributed by atoms with Crippen LogP contribution < -0.4 is 5.32 Å². The number of imidazole rings is 1. The molecule has 0 spiro atoms. The smallest absolute Gasteiger partial charge is 0.240 e. The number of benzene rings is 2. The number of carbonyl (C=O) groups excluding carboxylic acids is 1. The molecule has 1 N–H and O–H groups in total. The van der Waals surface area contributed by atoms with Gasteiger partial charge in [0.05, 0.1) is 17.1 Å². The lowest BCUT2D eigenvalue weighted by Gasteiger charge is -2.16. The lowest BCUT2D eigenvalue weighted by Crippen LogP contribution is -2.30. The third kappa shape index (κ3) is 3.44. The second-order valence-corrected chi connectivity index (χ2v) is 6.24. The predicted molar refractivity (Wildman–Crippen MR) is 97.1 cm³/mol. The summed E-state index contributed by atoms with van der Waals surface area (Å²) in [5, 5.41) is 3.70. The van der Waals surface area contributed by atoms with E-state index < -0.39 is 0 Å². The van der Waals surface area contributed by atoms with Gasteiger partial charge in [-0.05, 0) is 36.8 Å². The van der Waals surface area contributed by atoms with Crippen molar-refractivity contribution in [3.05, 3.63) is 64.9 Å². The van der Waals surface area contributed by atoms with Gasteiger partial charge in [0.2, 0.25) is 5.91 Å². The fourth-order valence-electron chi connectivity index (χ4n) is 2.86. The normalized spacial score (nSPS) is 12.3. The van der Waals surface area contributed by atoms with Crippen LogP contribution in [0.3, 0.4) is 0 Å². The number of nitrogens with one attached hydrogen (secondary N) is 1. The molecule has 1 aromatic heterocycles. The van der Waals surface area contributed by atoms with Crippen molar-refractivity contribution in [1.82, 2.24) is 14.9 Å². The van der Waals surface area contributed by atoms with E-state index in [9.17, 15) is 4.79 Å². The van der Waals surface area contributed by atoms with Gasteiger partial charge < -0.3 is 9.88 Å². The van der Waals surface area contributed by atoms with E-state index in [-0.39, 0.29) is 18.5 Å². The Kier molecular flexibility index (Phi) is 4.86. The Labute approximate surface area is 146 Å². The number of rotatable bonds is 5. The number of nitrogens with zero attached hydrogens (tertiary/aromatic N) is 2. The van der Waals surface area contributed by atoms with Gasteiger partial charge in [0, 0.05) is 11.4 Å². The Morgan fingerprint density at radius 2 is 2.04 bits per heavy atom. The first-order valence-corrected chi connectivity index (χ1v) is 8.45. The molecule has 0 aliphatic heterocycles. The molecule has 0 radical (unpaired) electrons. The highest BCUT2D eigenvalue weighted by Crippen LogP contribution is 2.19. The summed E-state index contributed by atoms with van der Waals surface area (Å²) in [4.78, 5) is 17.1. The Bertz CT molecular complexity index is 872. The highest BCUT2D eigenvalue weighted by Gasteiger charge is 2.14. The van der Waals surface area contributed by atoms with E-state index in [4.69, 9.17) is 11.6 Å². The van der Waals surface area contributed by atoms with E-state index in [1.165, 1.54) is 0 Å². The van der Waals surface area contributed by atoms with Crippen molar-refractivity contribution >= 4 is 28.5 Å². The number of fused-ring (bicyclic) bond motifs is 1. The van der Waals surface area contributed by atoms with E-state index in [1.807, 2.05) is 66.9 Å². The summed E-state index contributed by atoms with van der Waals surface area (Å²) in [6.45, 7) is 4.26. The highest BCUT2D eigenvalue weighted by atomic mass is 35.5. The van der Waals surface area contributed by atoms with Crippen LogP contribution in [0.25, 0.3) is 11.0 Å². The maximum atomic E-state index is 12.5. The molecule has 0 aliphatic carbocycles. The number of hydrogen-bond acceptors (Lipinski definition) is 2. The fraction of sp³-hybridized carbons (Fsp3) is 0.263. The van der Waals surface area contributed by atoms with E-state index >= 15 is 0 Å². The number of carbonyl (C=O) groups is 1. The minimum atomic E-state index is -0.101. The summed E-state index contributed by atoms with van der Waals surface area (Å²) >= 11 is 6.02. The zero-order chi connectivity index (χ0) is 17.1. The van der Waals surface area contributed by atoms with Crippen molar-refractivity contribution in [3.63, 3.8) is 0 Å². The van der Waals surface area contributed by atoms with Crippen molar-refractivity contribution in [2.45, 2.75) is 32.9 Å². The number of halogens is 1. The SMILES string of the molecule is CCc1nc2ccccc2n1CC(=O)NC(C)c1cccc(Cl)c1. The second-order valence-electron chi connectivity index (χ2n) is 5.80. The molecule has 1 unspecified atom stereocenters. The lowest BCUT2D eigenvalue weighted by atomic mass is 10.1. The molecule has 0 saturated heterocycles. The summed E-state index contributed by atoms with van der Waals surface area (Å²) in [6.07, 6.45) is 0.784.